The molecular weight excluding hydrogens is 263 g/mol. The number of carbonyl (C=O) groups excluding carboxylic acids is 1. The first-order valence-corrected chi connectivity index (χ1v) is 7.56. The van der Waals surface area contributed by atoms with Crippen molar-refractivity contribution in [2.75, 3.05) is 25.4 Å². The fraction of sp³-hybridized carbons (Fsp3) is 0.500. The SMILES string of the molecule is CCCNCCNC(=O)CCSc1ccc(F)cc1. The number of benzene rings is 1. The van der Waals surface area contributed by atoms with Crippen molar-refractivity contribution in [2.45, 2.75) is 24.7 Å². The molecule has 0 bridgehead atoms. The van der Waals surface area contributed by atoms with Crippen LogP contribution >= 0.6 is 11.8 Å². The quantitative estimate of drug-likeness (QED) is 0.540. The van der Waals surface area contributed by atoms with Crippen LogP contribution in [0.1, 0.15) is 19.8 Å². The maximum absolute atomic E-state index is 12.7. The minimum Gasteiger partial charge on any atom is -0.355 e. The zero-order chi connectivity index (χ0) is 13.9. The Labute approximate surface area is 118 Å². The topological polar surface area (TPSA) is 41.1 Å². The van der Waals surface area contributed by atoms with Gasteiger partial charge in [-0.3, -0.25) is 4.79 Å². The Balaban J connectivity index is 2.05. The van der Waals surface area contributed by atoms with Crippen molar-refractivity contribution in [2.24, 2.45) is 0 Å². The van der Waals surface area contributed by atoms with Crippen LogP contribution in [0.4, 0.5) is 4.39 Å². The minimum absolute atomic E-state index is 0.0629. The number of rotatable bonds is 9. The second-order valence-electron chi connectivity index (χ2n) is 4.15. The molecule has 1 aromatic rings. The first kappa shape index (κ1) is 16.0. The Bertz CT molecular complexity index is 370. The average molecular weight is 284 g/mol. The van der Waals surface area contributed by atoms with Crippen LogP contribution < -0.4 is 10.6 Å². The maximum atomic E-state index is 12.7. The van der Waals surface area contributed by atoms with E-state index < -0.39 is 0 Å². The van der Waals surface area contributed by atoms with Gasteiger partial charge in [0.25, 0.3) is 0 Å². The molecule has 1 amide bonds. The molecule has 106 valence electrons. The second kappa shape index (κ2) is 9.81. The average Bonchev–Trinajstić information content (AvgIpc) is 2.41. The Kier molecular flexibility index (Phi) is 8.25. The summed E-state index contributed by atoms with van der Waals surface area (Å²) in [6, 6.07) is 6.32. The van der Waals surface area contributed by atoms with Gasteiger partial charge in [-0.2, -0.15) is 0 Å². The molecule has 2 N–H and O–H groups in total. The number of amides is 1. The molecular formula is C14H21FN2OS. The van der Waals surface area contributed by atoms with Gasteiger partial charge in [-0.15, -0.1) is 11.8 Å². The van der Waals surface area contributed by atoms with Crippen molar-refractivity contribution in [3.8, 4) is 0 Å². The number of carbonyl (C=O) groups is 1. The van der Waals surface area contributed by atoms with E-state index in [0.717, 1.165) is 24.4 Å². The van der Waals surface area contributed by atoms with Crippen LogP contribution in [0.2, 0.25) is 0 Å². The summed E-state index contributed by atoms with van der Waals surface area (Å²) in [4.78, 5) is 12.5. The molecule has 0 aromatic heterocycles. The van der Waals surface area contributed by atoms with Crippen LogP contribution in [-0.2, 0) is 4.79 Å². The minimum atomic E-state index is -0.235. The van der Waals surface area contributed by atoms with E-state index in [1.807, 2.05) is 0 Å². The van der Waals surface area contributed by atoms with Gasteiger partial charge in [0.05, 0.1) is 0 Å². The third-order valence-electron chi connectivity index (χ3n) is 2.46. The standard InChI is InChI=1S/C14H21FN2OS/c1-2-8-16-9-10-17-14(18)7-11-19-13-5-3-12(15)4-6-13/h3-6,16H,2,7-11H2,1H3,(H,17,18). The lowest BCUT2D eigenvalue weighted by atomic mass is 10.4. The zero-order valence-electron chi connectivity index (χ0n) is 11.2. The molecule has 0 aliphatic carbocycles. The van der Waals surface area contributed by atoms with Gasteiger partial charge in [0.15, 0.2) is 0 Å². The molecule has 0 heterocycles. The van der Waals surface area contributed by atoms with Crippen LogP contribution in [0, 0.1) is 5.82 Å². The summed E-state index contributed by atoms with van der Waals surface area (Å²) in [5, 5.41) is 6.08. The van der Waals surface area contributed by atoms with Gasteiger partial charge < -0.3 is 10.6 Å². The van der Waals surface area contributed by atoms with E-state index in [1.54, 1.807) is 23.9 Å². The van der Waals surface area contributed by atoms with E-state index in [9.17, 15) is 9.18 Å². The van der Waals surface area contributed by atoms with Gasteiger partial charge in [0, 0.05) is 30.2 Å². The highest BCUT2D eigenvalue weighted by atomic mass is 32.2. The van der Waals surface area contributed by atoms with Crippen LogP contribution in [0.5, 0.6) is 0 Å². The van der Waals surface area contributed by atoms with Crippen molar-refractivity contribution in [3.05, 3.63) is 30.1 Å². The molecule has 19 heavy (non-hydrogen) atoms. The Hall–Kier alpha value is -1.07. The van der Waals surface area contributed by atoms with Crippen LogP contribution in [0.15, 0.2) is 29.2 Å². The lowest BCUT2D eigenvalue weighted by molar-refractivity contribution is -0.120. The summed E-state index contributed by atoms with van der Waals surface area (Å²) < 4.78 is 12.7. The largest absolute Gasteiger partial charge is 0.355 e. The predicted molar refractivity (Wildman–Crippen MR) is 77.9 cm³/mol. The van der Waals surface area contributed by atoms with Crippen molar-refractivity contribution in [1.82, 2.24) is 10.6 Å². The van der Waals surface area contributed by atoms with Crippen molar-refractivity contribution in [1.29, 1.82) is 0 Å². The Morgan fingerprint density at radius 2 is 1.95 bits per heavy atom. The molecule has 1 rings (SSSR count). The monoisotopic (exact) mass is 284 g/mol. The number of halogens is 1. The molecule has 5 heteroatoms. The summed E-state index contributed by atoms with van der Waals surface area (Å²) in [6.45, 7) is 4.57. The van der Waals surface area contributed by atoms with Gasteiger partial charge in [-0.25, -0.2) is 4.39 Å². The number of hydrogen-bond donors (Lipinski definition) is 2. The summed E-state index contributed by atoms with van der Waals surface area (Å²) in [5.41, 5.74) is 0. The molecule has 0 saturated carbocycles. The summed E-state index contributed by atoms with van der Waals surface area (Å²) in [7, 11) is 0. The summed E-state index contributed by atoms with van der Waals surface area (Å²) in [6.07, 6.45) is 1.58. The lowest BCUT2D eigenvalue weighted by Crippen LogP contribution is -2.32. The molecule has 3 nitrogen and oxygen atoms in total. The molecule has 1 aromatic carbocycles. The van der Waals surface area contributed by atoms with E-state index in [0.29, 0.717) is 18.7 Å². The molecule has 0 unspecified atom stereocenters. The van der Waals surface area contributed by atoms with Gasteiger partial charge in [-0.1, -0.05) is 6.92 Å². The molecule has 0 radical (unpaired) electrons. The smallest absolute Gasteiger partial charge is 0.220 e. The van der Waals surface area contributed by atoms with Crippen molar-refractivity contribution >= 4 is 17.7 Å². The normalized spacial score (nSPS) is 10.4. The first-order chi connectivity index (χ1) is 9.22. The molecule has 0 aliphatic rings. The predicted octanol–water partition coefficient (Wildman–Crippen LogP) is 2.42. The van der Waals surface area contributed by atoms with Crippen LogP contribution in [0.3, 0.4) is 0 Å². The maximum Gasteiger partial charge on any atom is 0.220 e. The van der Waals surface area contributed by atoms with E-state index in [-0.39, 0.29) is 11.7 Å². The Morgan fingerprint density at radius 1 is 1.21 bits per heavy atom. The van der Waals surface area contributed by atoms with E-state index in [2.05, 4.69) is 17.6 Å². The Morgan fingerprint density at radius 3 is 2.63 bits per heavy atom. The first-order valence-electron chi connectivity index (χ1n) is 6.58. The highest BCUT2D eigenvalue weighted by molar-refractivity contribution is 7.99. The highest BCUT2D eigenvalue weighted by Crippen LogP contribution is 2.18. The molecule has 0 atom stereocenters. The molecule has 0 spiro atoms. The fourth-order valence-electron chi connectivity index (χ4n) is 1.47. The van der Waals surface area contributed by atoms with Gasteiger partial charge >= 0.3 is 0 Å². The van der Waals surface area contributed by atoms with E-state index >= 15 is 0 Å². The number of thioether (sulfide) groups is 1. The summed E-state index contributed by atoms with van der Waals surface area (Å²) in [5.74, 6) is 0.537. The summed E-state index contributed by atoms with van der Waals surface area (Å²) >= 11 is 1.56. The second-order valence-corrected chi connectivity index (χ2v) is 5.32. The third kappa shape index (κ3) is 7.85. The highest BCUT2D eigenvalue weighted by Gasteiger charge is 2.01. The van der Waals surface area contributed by atoms with Gasteiger partial charge in [0.1, 0.15) is 5.82 Å². The number of hydrogen-bond acceptors (Lipinski definition) is 3. The van der Waals surface area contributed by atoms with Crippen LogP contribution in [0.25, 0.3) is 0 Å². The fourth-order valence-corrected chi connectivity index (χ4v) is 2.32. The lowest BCUT2D eigenvalue weighted by Gasteiger charge is -2.06. The number of nitrogens with one attached hydrogen (secondary N) is 2. The van der Waals surface area contributed by atoms with E-state index in [4.69, 9.17) is 0 Å². The third-order valence-corrected chi connectivity index (χ3v) is 3.48. The van der Waals surface area contributed by atoms with E-state index in [1.165, 1.54) is 12.1 Å². The zero-order valence-corrected chi connectivity index (χ0v) is 12.1. The van der Waals surface area contributed by atoms with Crippen LogP contribution in [-0.4, -0.2) is 31.3 Å². The molecule has 0 saturated heterocycles. The molecule has 0 fully saturated rings. The van der Waals surface area contributed by atoms with Gasteiger partial charge in [-0.05, 0) is 37.2 Å². The van der Waals surface area contributed by atoms with Crippen molar-refractivity contribution in [3.63, 3.8) is 0 Å². The van der Waals surface area contributed by atoms with Crippen molar-refractivity contribution < 1.29 is 9.18 Å². The van der Waals surface area contributed by atoms with Gasteiger partial charge in [0.2, 0.25) is 5.91 Å². The molecule has 0 aliphatic heterocycles.